The zero-order valence-corrected chi connectivity index (χ0v) is 15.9. The molecule has 0 aromatic heterocycles. The molecule has 27 heavy (non-hydrogen) atoms. The summed E-state index contributed by atoms with van der Waals surface area (Å²) in [6.45, 7) is 1.78. The molecule has 2 nitrogen and oxygen atoms in total. The SMILES string of the molecule is CN(C)CCN=Cc1cccc(-c2c3ccccc3cc3ccccc23)c1. The van der Waals surface area contributed by atoms with E-state index in [1.807, 2.05) is 6.21 Å². The Kier molecular flexibility index (Phi) is 4.99. The van der Waals surface area contributed by atoms with Crippen LogP contribution >= 0.6 is 0 Å². The summed E-state index contributed by atoms with van der Waals surface area (Å²) in [6.07, 6.45) is 1.99. The third kappa shape index (κ3) is 3.76. The maximum atomic E-state index is 4.57. The number of hydrogen-bond acceptors (Lipinski definition) is 2. The highest BCUT2D eigenvalue weighted by molar-refractivity contribution is 6.12. The highest BCUT2D eigenvalue weighted by Gasteiger charge is 2.09. The van der Waals surface area contributed by atoms with Crippen LogP contribution in [0.2, 0.25) is 0 Å². The van der Waals surface area contributed by atoms with Gasteiger partial charge in [0.2, 0.25) is 0 Å². The second-order valence-electron chi connectivity index (χ2n) is 7.16. The summed E-state index contributed by atoms with van der Waals surface area (Å²) >= 11 is 0. The molecule has 0 amide bonds. The fourth-order valence-corrected chi connectivity index (χ4v) is 3.53. The summed E-state index contributed by atoms with van der Waals surface area (Å²) in [5, 5.41) is 5.13. The molecule has 0 atom stereocenters. The lowest BCUT2D eigenvalue weighted by molar-refractivity contribution is 0.421. The molecular formula is C25H24N2. The Hall–Kier alpha value is -2.97. The van der Waals surface area contributed by atoms with E-state index < -0.39 is 0 Å². The monoisotopic (exact) mass is 352 g/mol. The van der Waals surface area contributed by atoms with Crippen LogP contribution in [0.25, 0.3) is 32.7 Å². The van der Waals surface area contributed by atoms with Gasteiger partial charge in [-0.25, -0.2) is 0 Å². The highest BCUT2D eigenvalue weighted by Crippen LogP contribution is 2.36. The van der Waals surface area contributed by atoms with Crippen molar-refractivity contribution in [1.82, 2.24) is 4.90 Å². The number of rotatable bonds is 5. The Labute approximate surface area is 160 Å². The van der Waals surface area contributed by atoms with E-state index in [0.717, 1.165) is 18.7 Å². The minimum atomic E-state index is 0.814. The molecule has 0 unspecified atom stereocenters. The van der Waals surface area contributed by atoms with Gasteiger partial charge in [-0.1, -0.05) is 66.7 Å². The van der Waals surface area contributed by atoms with E-state index in [1.165, 1.54) is 32.7 Å². The predicted molar refractivity (Wildman–Crippen MR) is 118 cm³/mol. The maximum absolute atomic E-state index is 4.57. The van der Waals surface area contributed by atoms with E-state index in [9.17, 15) is 0 Å². The van der Waals surface area contributed by atoms with Crippen molar-refractivity contribution >= 4 is 27.8 Å². The molecule has 0 aliphatic carbocycles. The smallest absolute Gasteiger partial charge is 0.0516 e. The lowest BCUT2D eigenvalue weighted by Gasteiger charge is -2.12. The fourth-order valence-electron chi connectivity index (χ4n) is 3.53. The summed E-state index contributed by atoms with van der Waals surface area (Å²) in [7, 11) is 4.14. The molecule has 4 aromatic rings. The van der Waals surface area contributed by atoms with Gasteiger partial charge in [-0.2, -0.15) is 0 Å². The average molecular weight is 352 g/mol. The van der Waals surface area contributed by atoms with Crippen molar-refractivity contribution in [2.45, 2.75) is 0 Å². The first-order chi connectivity index (χ1) is 13.2. The maximum Gasteiger partial charge on any atom is 0.0516 e. The van der Waals surface area contributed by atoms with E-state index in [2.05, 4.69) is 103 Å². The molecule has 4 aromatic carbocycles. The van der Waals surface area contributed by atoms with Gasteiger partial charge in [0, 0.05) is 12.8 Å². The largest absolute Gasteiger partial charge is 0.308 e. The van der Waals surface area contributed by atoms with Gasteiger partial charge in [0.15, 0.2) is 0 Å². The van der Waals surface area contributed by atoms with Crippen LogP contribution in [-0.4, -0.2) is 38.3 Å². The van der Waals surface area contributed by atoms with E-state index >= 15 is 0 Å². The summed E-state index contributed by atoms with van der Waals surface area (Å²) in [5.74, 6) is 0. The van der Waals surface area contributed by atoms with Crippen molar-refractivity contribution in [3.63, 3.8) is 0 Å². The van der Waals surface area contributed by atoms with Crippen LogP contribution in [0.3, 0.4) is 0 Å². The van der Waals surface area contributed by atoms with Gasteiger partial charge in [-0.15, -0.1) is 0 Å². The number of fused-ring (bicyclic) bond motifs is 2. The summed E-state index contributed by atoms with van der Waals surface area (Å²) in [6, 6.07) is 28.2. The third-order valence-electron chi connectivity index (χ3n) is 4.86. The number of aliphatic imine (C=N–C) groups is 1. The van der Waals surface area contributed by atoms with E-state index in [4.69, 9.17) is 0 Å². The number of benzene rings is 4. The number of hydrogen-bond donors (Lipinski definition) is 0. The summed E-state index contributed by atoms with van der Waals surface area (Å²) in [4.78, 5) is 6.72. The van der Waals surface area contributed by atoms with Crippen molar-refractivity contribution in [2.24, 2.45) is 4.99 Å². The molecule has 0 N–H and O–H groups in total. The molecule has 134 valence electrons. The Morgan fingerprint density at radius 1 is 0.778 bits per heavy atom. The van der Waals surface area contributed by atoms with Crippen molar-refractivity contribution < 1.29 is 0 Å². The third-order valence-corrected chi connectivity index (χ3v) is 4.86. The van der Waals surface area contributed by atoms with Crippen molar-refractivity contribution in [3.8, 4) is 11.1 Å². The molecule has 0 saturated heterocycles. The first-order valence-corrected chi connectivity index (χ1v) is 9.38. The van der Waals surface area contributed by atoms with Crippen molar-refractivity contribution in [1.29, 1.82) is 0 Å². The predicted octanol–water partition coefficient (Wildman–Crippen LogP) is 5.64. The van der Waals surface area contributed by atoms with Crippen LogP contribution in [0.4, 0.5) is 0 Å². The molecule has 0 aliphatic rings. The lowest BCUT2D eigenvalue weighted by Crippen LogP contribution is -2.15. The van der Waals surface area contributed by atoms with Crippen LogP contribution in [0, 0.1) is 0 Å². The quantitative estimate of drug-likeness (QED) is 0.335. The Bertz CT molecular complexity index is 1060. The van der Waals surface area contributed by atoms with Crippen LogP contribution in [-0.2, 0) is 0 Å². The summed E-state index contributed by atoms with van der Waals surface area (Å²) in [5.41, 5.74) is 3.68. The Morgan fingerprint density at radius 3 is 2.11 bits per heavy atom. The standard InChI is InChI=1S/C25H24N2/c1-27(2)15-14-26-18-19-8-7-11-22(16-19)25-23-12-5-3-9-20(23)17-21-10-4-6-13-24(21)25/h3-13,16-18H,14-15H2,1-2H3. The van der Waals surface area contributed by atoms with Gasteiger partial charge >= 0.3 is 0 Å². The molecule has 0 bridgehead atoms. The van der Waals surface area contributed by atoms with Crippen molar-refractivity contribution in [2.75, 3.05) is 27.2 Å². The van der Waals surface area contributed by atoms with Gasteiger partial charge in [-0.3, -0.25) is 4.99 Å². The minimum absolute atomic E-state index is 0.814. The van der Waals surface area contributed by atoms with Gasteiger partial charge in [-0.05, 0) is 64.5 Å². The number of nitrogens with zero attached hydrogens (tertiary/aromatic N) is 2. The number of likely N-dealkylation sites (N-methyl/N-ethyl adjacent to an activating group) is 1. The molecule has 0 fully saturated rings. The first-order valence-electron chi connectivity index (χ1n) is 9.38. The first kappa shape index (κ1) is 17.4. The molecule has 4 rings (SSSR count). The second kappa shape index (κ2) is 7.73. The van der Waals surface area contributed by atoms with Crippen molar-refractivity contribution in [3.05, 3.63) is 84.4 Å². The molecular weight excluding hydrogens is 328 g/mol. The minimum Gasteiger partial charge on any atom is -0.308 e. The van der Waals surface area contributed by atoms with E-state index in [0.29, 0.717) is 0 Å². The molecule has 0 aliphatic heterocycles. The van der Waals surface area contributed by atoms with Crippen LogP contribution in [0.5, 0.6) is 0 Å². The summed E-state index contributed by atoms with van der Waals surface area (Å²) < 4.78 is 0. The molecule has 2 heteroatoms. The topological polar surface area (TPSA) is 15.6 Å². The molecule has 0 heterocycles. The lowest BCUT2D eigenvalue weighted by atomic mass is 9.91. The van der Waals surface area contributed by atoms with Crippen LogP contribution in [0.1, 0.15) is 5.56 Å². The van der Waals surface area contributed by atoms with Gasteiger partial charge in [0.1, 0.15) is 0 Å². The Morgan fingerprint density at radius 2 is 1.44 bits per heavy atom. The normalized spacial score (nSPS) is 11.8. The van der Waals surface area contributed by atoms with Crippen LogP contribution < -0.4 is 0 Å². The van der Waals surface area contributed by atoms with E-state index in [-0.39, 0.29) is 0 Å². The van der Waals surface area contributed by atoms with Crippen LogP contribution in [0.15, 0.2) is 83.9 Å². The zero-order valence-electron chi connectivity index (χ0n) is 15.9. The van der Waals surface area contributed by atoms with Gasteiger partial charge in [0.05, 0.1) is 6.54 Å². The second-order valence-corrected chi connectivity index (χ2v) is 7.16. The Balaban J connectivity index is 1.83. The highest BCUT2D eigenvalue weighted by atomic mass is 15.1. The zero-order chi connectivity index (χ0) is 18.6. The average Bonchev–Trinajstić information content (AvgIpc) is 2.69. The van der Waals surface area contributed by atoms with Gasteiger partial charge < -0.3 is 4.90 Å². The molecule has 0 spiro atoms. The molecule has 0 saturated carbocycles. The van der Waals surface area contributed by atoms with E-state index in [1.54, 1.807) is 0 Å². The fraction of sp³-hybridized carbons (Fsp3) is 0.160. The van der Waals surface area contributed by atoms with Gasteiger partial charge in [0.25, 0.3) is 0 Å². The molecule has 0 radical (unpaired) electrons.